The van der Waals surface area contributed by atoms with Crippen LogP contribution in [0.4, 0.5) is 0 Å². The molecule has 0 aliphatic heterocycles. The summed E-state index contributed by atoms with van der Waals surface area (Å²) >= 11 is 0. The number of hydrogen-bond donors (Lipinski definition) is 4. The second-order valence-electron chi connectivity index (χ2n) is 16.4. The van der Waals surface area contributed by atoms with Gasteiger partial charge in [0.15, 0.2) is 0 Å². The van der Waals surface area contributed by atoms with Gasteiger partial charge in [0.05, 0.1) is 31.3 Å². The summed E-state index contributed by atoms with van der Waals surface area (Å²) < 4.78 is 0. The summed E-state index contributed by atoms with van der Waals surface area (Å²) in [6.07, 6.45) is 53.1. The minimum absolute atomic E-state index is 0.0365. The summed E-state index contributed by atoms with van der Waals surface area (Å²) in [5.74, 6) is -0.284. The van der Waals surface area contributed by atoms with Crippen LogP contribution in [0, 0.1) is 0 Å². The highest BCUT2D eigenvalue weighted by molar-refractivity contribution is 5.76. The molecule has 3 atom stereocenters. The Kier molecular flexibility index (Phi) is 42.6. The van der Waals surface area contributed by atoms with Crippen molar-refractivity contribution in [2.24, 2.45) is 0 Å². The van der Waals surface area contributed by atoms with Gasteiger partial charge in [-0.25, -0.2) is 0 Å². The van der Waals surface area contributed by atoms with Crippen molar-refractivity contribution in [1.82, 2.24) is 5.32 Å². The smallest absolute Gasteiger partial charge is 0.222 e. The van der Waals surface area contributed by atoms with E-state index in [2.05, 4.69) is 43.5 Å². The van der Waals surface area contributed by atoms with Gasteiger partial charge < -0.3 is 20.6 Å². The second-order valence-corrected chi connectivity index (χ2v) is 16.4. The molecule has 0 saturated carbocycles. The van der Waals surface area contributed by atoms with Gasteiger partial charge in [0.1, 0.15) is 0 Å². The number of hydrogen-bond acceptors (Lipinski definition) is 4. The van der Waals surface area contributed by atoms with Crippen molar-refractivity contribution in [3.8, 4) is 0 Å². The van der Waals surface area contributed by atoms with Gasteiger partial charge in [0.2, 0.25) is 5.91 Å². The Hall–Kier alpha value is -1.17. The lowest BCUT2D eigenvalue weighted by molar-refractivity contribution is -0.125. The molecule has 0 aromatic carbocycles. The molecule has 0 saturated heterocycles. The summed E-state index contributed by atoms with van der Waals surface area (Å²) in [6.45, 7) is 4.26. The SMILES string of the molecule is CCCCCCCCCCC/C=C\C/C=C\CCCCCCCCCCCCCC(O)CC(=O)NC(CO)C(O)CCCCCCCCCCCCC. The fourth-order valence-electron chi connectivity index (χ4n) is 7.38. The van der Waals surface area contributed by atoms with Crippen LogP contribution in [0.2, 0.25) is 0 Å². The van der Waals surface area contributed by atoms with Crippen molar-refractivity contribution in [3.05, 3.63) is 24.3 Å². The minimum Gasteiger partial charge on any atom is -0.394 e. The number of allylic oxidation sites excluding steroid dienone is 4. The molecule has 3 unspecified atom stereocenters. The van der Waals surface area contributed by atoms with Crippen LogP contribution < -0.4 is 5.32 Å². The maximum Gasteiger partial charge on any atom is 0.222 e. The highest BCUT2D eigenvalue weighted by Crippen LogP contribution is 2.16. The highest BCUT2D eigenvalue weighted by atomic mass is 16.3. The number of carbonyl (C=O) groups excluding carboxylic acids is 1. The van der Waals surface area contributed by atoms with Gasteiger partial charge in [-0.15, -0.1) is 0 Å². The number of unbranched alkanes of at least 4 members (excludes halogenated alkanes) is 30. The van der Waals surface area contributed by atoms with Crippen molar-refractivity contribution in [2.75, 3.05) is 6.61 Å². The van der Waals surface area contributed by atoms with Crippen LogP contribution in [-0.2, 0) is 4.79 Å². The van der Waals surface area contributed by atoms with Gasteiger partial charge in [-0.2, -0.15) is 0 Å². The average Bonchev–Trinajstić information content (AvgIpc) is 3.15. The number of rotatable bonds is 43. The van der Waals surface area contributed by atoms with Crippen LogP contribution in [0.1, 0.15) is 251 Å². The van der Waals surface area contributed by atoms with Crippen LogP contribution in [0.5, 0.6) is 0 Å². The molecule has 5 nitrogen and oxygen atoms in total. The molecule has 0 spiro atoms. The number of aliphatic hydroxyl groups is 3. The summed E-state index contributed by atoms with van der Waals surface area (Å²) in [6, 6.07) is -0.656. The van der Waals surface area contributed by atoms with E-state index in [0.717, 1.165) is 32.1 Å². The van der Waals surface area contributed by atoms with Crippen molar-refractivity contribution in [2.45, 2.75) is 270 Å². The van der Waals surface area contributed by atoms with E-state index in [-0.39, 0.29) is 18.9 Å². The van der Waals surface area contributed by atoms with E-state index in [0.29, 0.717) is 12.8 Å². The van der Waals surface area contributed by atoms with Crippen LogP contribution in [0.25, 0.3) is 0 Å². The van der Waals surface area contributed by atoms with Gasteiger partial charge in [-0.05, 0) is 44.9 Å². The molecule has 0 aliphatic carbocycles. The Balaban J connectivity index is 3.54. The normalized spacial score (nSPS) is 13.7. The topological polar surface area (TPSA) is 89.8 Å². The van der Waals surface area contributed by atoms with Gasteiger partial charge in [0, 0.05) is 0 Å². The first-order valence-electron chi connectivity index (χ1n) is 23.6. The van der Waals surface area contributed by atoms with E-state index >= 15 is 0 Å². The summed E-state index contributed by atoms with van der Waals surface area (Å²) in [4.78, 5) is 12.4. The average molecular weight is 748 g/mol. The van der Waals surface area contributed by atoms with Gasteiger partial charge >= 0.3 is 0 Å². The Labute approximate surface area is 331 Å². The minimum atomic E-state index is -0.747. The van der Waals surface area contributed by atoms with Gasteiger partial charge in [-0.1, -0.05) is 224 Å². The third-order valence-corrected chi connectivity index (χ3v) is 11.0. The molecule has 0 aromatic rings. The quantitative estimate of drug-likeness (QED) is 0.0369. The molecule has 0 radical (unpaired) electrons. The molecule has 0 aromatic heterocycles. The maximum absolute atomic E-state index is 12.4. The fraction of sp³-hybridized carbons (Fsp3) is 0.896. The predicted octanol–water partition coefficient (Wildman–Crippen LogP) is 13.8. The van der Waals surface area contributed by atoms with Crippen LogP contribution >= 0.6 is 0 Å². The lowest BCUT2D eigenvalue weighted by Gasteiger charge is -2.23. The first-order chi connectivity index (χ1) is 26.0. The second kappa shape index (κ2) is 43.6. The summed E-state index contributed by atoms with van der Waals surface area (Å²) in [7, 11) is 0. The molecular weight excluding hydrogens is 655 g/mol. The zero-order chi connectivity index (χ0) is 38.7. The van der Waals surface area contributed by atoms with E-state index in [1.165, 1.54) is 186 Å². The highest BCUT2D eigenvalue weighted by Gasteiger charge is 2.21. The molecule has 5 heteroatoms. The fourth-order valence-corrected chi connectivity index (χ4v) is 7.38. The summed E-state index contributed by atoms with van der Waals surface area (Å²) in [5.41, 5.74) is 0. The number of amides is 1. The number of aliphatic hydroxyl groups excluding tert-OH is 3. The molecule has 0 heterocycles. The molecular formula is C48H93NO4. The molecule has 0 rings (SSSR count). The largest absolute Gasteiger partial charge is 0.394 e. The molecule has 314 valence electrons. The van der Waals surface area contributed by atoms with E-state index in [1.807, 2.05) is 0 Å². The molecule has 0 fully saturated rings. The van der Waals surface area contributed by atoms with E-state index < -0.39 is 18.2 Å². The van der Waals surface area contributed by atoms with E-state index in [4.69, 9.17) is 0 Å². The Morgan fingerprint density at radius 3 is 1.19 bits per heavy atom. The van der Waals surface area contributed by atoms with E-state index in [9.17, 15) is 20.1 Å². The van der Waals surface area contributed by atoms with E-state index in [1.54, 1.807) is 0 Å². The third-order valence-electron chi connectivity index (χ3n) is 11.0. The van der Waals surface area contributed by atoms with Gasteiger partial charge in [-0.3, -0.25) is 4.79 Å². The molecule has 4 N–H and O–H groups in total. The standard InChI is InChI=1S/C48H93NO4/c1-3-5-7-9-11-13-15-16-17-18-19-20-21-22-23-24-25-26-27-28-29-30-32-33-35-37-39-41-45(51)43-48(53)49-46(44-50)47(52)42-40-38-36-34-31-14-12-10-8-6-4-2/h19-20,22-23,45-47,50-52H,3-18,21,24-44H2,1-2H3,(H,49,53)/b20-19-,23-22-. The third kappa shape index (κ3) is 40.3. The Morgan fingerprint density at radius 1 is 0.472 bits per heavy atom. The Morgan fingerprint density at radius 2 is 0.811 bits per heavy atom. The van der Waals surface area contributed by atoms with Crippen molar-refractivity contribution < 1.29 is 20.1 Å². The lowest BCUT2D eigenvalue weighted by atomic mass is 10.0. The van der Waals surface area contributed by atoms with Crippen LogP contribution in [0.3, 0.4) is 0 Å². The summed E-state index contributed by atoms with van der Waals surface area (Å²) in [5, 5.41) is 33.4. The van der Waals surface area contributed by atoms with Crippen molar-refractivity contribution >= 4 is 5.91 Å². The first kappa shape index (κ1) is 51.8. The van der Waals surface area contributed by atoms with Gasteiger partial charge in [0.25, 0.3) is 0 Å². The van der Waals surface area contributed by atoms with Crippen LogP contribution in [0.15, 0.2) is 24.3 Å². The maximum atomic E-state index is 12.4. The molecule has 0 bridgehead atoms. The van der Waals surface area contributed by atoms with Crippen molar-refractivity contribution in [3.63, 3.8) is 0 Å². The monoisotopic (exact) mass is 748 g/mol. The zero-order valence-electron chi connectivity index (χ0n) is 35.7. The lowest BCUT2D eigenvalue weighted by Crippen LogP contribution is -2.46. The molecule has 53 heavy (non-hydrogen) atoms. The number of carbonyl (C=O) groups is 1. The first-order valence-corrected chi connectivity index (χ1v) is 23.6. The predicted molar refractivity (Wildman–Crippen MR) is 231 cm³/mol. The molecule has 0 aliphatic rings. The number of nitrogens with one attached hydrogen (secondary N) is 1. The van der Waals surface area contributed by atoms with Crippen LogP contribution in [-0.4, -0.2) is 46.1 Å². The Bertz CT molecular complexity index is 784. The molecule has 1 amide bonds. The zero-order valence-corrected chi connectivity index (χ0v) is 35.7. The van der Waals surface area contributed by atoms with Crippen molar-refractivity contribution in [1.29, 1.82) is 0 Å².